The van der Waals surface area contributed by atoms with Gasteiger partial charge in [-0.1, -0.05) is 0 Å². The second-order valence-electron chi connectivity index (χ2n) is 8.60. The van der Waals surface area contributed by atoms with Crippen LogP contribution in [0.3, 0.4) is 0 Å². The molecule has 1 aromatic carbocycles. The van der Waals surface area contributed by atoms with Crippen molar-refractivity contribution < 1.29 is 53.1 Å². The Kier molecular flexibility index (Phi) is 11.7. The summed E-state index contributed by atoms with van der Waals surface area (Å²) in [6.45, 7) is 3.78. The van der Waals surface area contributed by atoms with E-state index in [-0.39, 0.29) is 60.0 Å². The number of cyclic esters (lactones) is 1. The van der Waals surface area contributed by atoms with Crippen molar-refractivity contribution in [3.8, 4) is 11.5 Å². The van der Waals surface area contributed by atoms with E-state index in [0.29, 0.717) is 19.3 Å². The number of Topliss-reactive ketones (excluding diaryl/α,β-unsaturated/α-hetero) is 1. The maximum absolute atomic E-state index is 13.2. The molecule has 11 nitrogen and oxygen atoms in total. The van der Waals surface area contributed by atoms with Gasteiger partial charge in [-0.15, -0.1) is 0 Å². The van der Waals surface area contributed by atoms with Crippen LogP contribution < -0.4 is 0 Å². The number of carbonyl (C=O) groups excluding carboxylic acids is 5. The first kappa shape index (κ1) is 29.9. The number of ether oxygens (including phenoxy) is 4. The first-order valence-corrected chi connectivity index (χ1v) is 12.9. The van der Waals surface area contributed by atoms with Gasteiger partial charge in [0.2, 0.25) is 6.10 Å². The van der Waals surface area contributed by atoms with Crippen LogP contribution in [-0.2, 0) is 44.5 Å². The summed E-state index contributed by atoms with van der Waals surface area (Å²) in [5, 5.41) is 19.9. The quantitative estimate of drug-likeness (QED) is 0.282. The van der Waals surface area contributed by atoms with Gasteiger partial charge in [0.15, 0.2) is 5.78 Å². The van der Waals surface area contributed by atoms with Crippen LogP contribution in [-0.4, -0.2) is 76.3 Å². The third kappa shape index (κ3) is 10.3. The third-order valence-corrected chi connectivity index (χ3v) is 6.74. The number of benzene rings is 1. The van der Waals surface area contributed by atoms with Crippen molar-refractivity contribution in [2.45, 2.75) is 70.3 Å². The second-order valence-corrected chi connectivity index (χ2v) is 9.93. The van der Waals surface area contributed by atoms with E-state index in [0.717, 1.165) is 13.0 Å². The van der Waals surface area contributed by atoms with E-state index < -0.39 is 41.5 Å². The lowest BCUT2D eigenvalue weighted by Crippen LogP contribution is -2.32. The van der Waals surface area contributed by atoms with E-state index in [1.807, 2.05) is 0 Å². The number of aromatic hydroxyl groups is 2. The number of rotatable bonds is 8. The maximum Gasteiger partial charge on any atom is 0.348 e. The van der Waals surface area contributed by atoms with Crippen molar-refractivity contribution >= 4 is 41.4 Å². The summed E-state index contributed by atoms with van der Waals surface area (Å²) in [5.74, 6) is -3.78. The summed E-state index contributed by atoms with van der Waals surface area (Å²) >= 11 is 1.24. The number of esters is 4. The van der Waals surface area contributed by atoms with Crippen LogP contribution in [0, 0.1) is 0 Å². The molecule has 0 fully saturated rings. The van der Waals surface area contributed by atoms with Gasteiger partial charge in [-0.05, 0) is 37.8 Å². The molecule has 0 saturated heterocycles. The highest BCUT2D eigenvalue weighted by molar-refractivity contribution is 8.00. The minimum absolute atomic E-state index is 0.00286. The predicted molar refractivity (Wildman–Crippen MR) is 131 cm³/mol. The van der Waals surface area contributed by atoms with Crippen LogP contribution in [0.4, 0.5) is 0 Å². The molecule has 0 unspecified atom stereocenters. The molecule has 1 aliphatic heterocycles. The second kappa shape index (κ2) is 14.5. The molecule has 37 heavy (non-hydrogen) atoms. The molecule has 0 spiro atoms. The summed E-state index contributed by atoms with van der Waals surface area (Å²) in [5.41, 5.74) is 0.0770. The highest BCUT2D eigenvalue weighted by atomic mass is 32.2. The van der Waals surface area contributed by atoms with Crippen LogP contribution in [0.5, 0.6) is 11.5 Å². The molecule has 204 valence electrons. The Morgan fingerprint density at radius 2 is 1.78 bits per heavy atom. The van der Waals surface area contributed by atoms with Crippen LogP contribution in [0.25, 0.3) is 0 Å². The lowest BCUT2D eigenvalue weighted by Gasteiger charge is -2.22. The van der Waals surface area contributed by atoms with Crippen molar-refractivity contribution in [2.24, 2.45) is 0 Å². The molecule has 0 saturated carbocycles. The third-order valence-electron chi connectivity index (χ3n) is 5.37. The lowest BCUT2D eigenvalue weighted by molar-refractivity contribution is -0.166. The molecule has 2 rings (SSSR count). The van der Waals surface area contributed by atoms with Gasteiger partial charge in [-0.25, -0.2) is 4.79 Å². The average molecular weight is 541 g/mol. The topological polar surface area (TPSA) is 163 Å². The molecule has 2 N–H and O–H groups in total. The van der Waals surface area contributed by atoms with Crippen molar-refractivity contribution in [3.63, 3.8) is 0 Å². The van der Waals surface area contributed by atoms with Crippen LogP contribution >= 0.6 is 11.8 Å². The number of ketones is 1. The fourth-order valence-electron chi connectivity index (χ4n) is 3.79. The number of phenols is 2. The molecule has 12 heteroatoms. The van der Waals surface area contributed by atoms with Gasteiger partial charge < -0.3 is 29.2 Å². The molecule has 0 aromatic heterocycles. The van der Waals surface area contributed by atoms with E-state index >= 15 is 0 Å². The summed E-state index contributed by atoms with van der Waals surface area (Å²) in [7, 11) is 0. The zero-order valence-electron chi connectivity index (χ0n) is 21.0. The summed E-state index contributed by atoms with van der Waals surface area (Å²) in [4.78, 5) is 60.4. The maximum atomic E-state index is 13.2. The molecule has 1 aromatic rings. The molecular formula is C25H32O11S. The number of hydrogen-bond acceptors (Lipinski definition) is 12. The minimum Gasteiger partial charge on any atom is -0.508 e. The lowest BCUT2D eigenvalue weighted by atomic mass is 9.95. The van der Waals surface area contributed by atoms with E-state index in [4.69, 9.17) is 18.9 Å². The van der Waals surface area contributed by atoms with Crippen LogP contribution in [0.2, 0.25) is 0 Å². The van der Waals surface area contributed by atoms with Gasteiger partial charge in [0, 0.05) is 37.3 Å². The standard InChI is InChI=1S/C25H32O11S/c1-14-5-4-6-19(37-13-22(36-16(3)27)25(32)34-8-7-33-15(2)26)12-21(30)24-17(10-23(31)35-14)9-18(28)11-20(24)29/h9,11,14,19,22,28-29H,4-8,10,12-13H2,1-3H3/t14-,19-,22+/m0/s1. The summed E-state index contributed by atoms with van der Waals surface area (Å²) in [6.07, 6.45) is -0.287. The van der Waals surface area contributed by atoms with Crippen molar-refractivity contribution in [1.82, 2.24) is 0 Å². The summed E-state index contributed by atoms with van der Waals surface area (Å²) in [6, 6.07) is 2.27. The number of carbonyl (C=O) groups is 5. The Bertz CT molecular complexity index is 1010. The van der Waals surface area contributed by atoms with Gasteiger partial charge in [0.1, 0.15) is 24.7 Å². The first-order valence-electron chi connectivity index (χ1n) is 11.8. The molecule has 1 aliphatic rings. The SMILES string of the molecule is CC(=O)OCCOC(=O)[C@@H](CS[C@H]1CCC[C@H](C)OC(=O)Cc2cc(O)cc(O)c2C(=O)C1)OC(C)=O. The smallest absolute Gasteiger partial charge is 0.348 e. The fraction of sp³-hybridized carbons (Fsp3) is 0.560. The van der Waals surface area contributed by atoms with E-state index in [9.17, 15) is 34.2 Å². The van der Waals surface area contributed by atoms with E-state index in [1.54, 1.807) is 6.92 Å². The van der Waals surface area contributed by atoms with Gasteiger partial charge in [0.05, 0.1) is 18.1 Å². The molecule has 0 bridgehead atoms. The van der Waals surface area contributed by atoms with Crippen LogP contribution in [0.15, 0.2) is 12.1 Å². The molecule has 0 aliphatic carbocycles. The first-order chi connectivity index (χ1) is 17.5. The largest absolute Gasteiger partial charge is 0.508 e. The Hall–Kier alpha value is -3.28. The van der Waals surface area contributed by atoms with E-state index in [2.05, 4.69) is 0 Å². The van der Waals surface area contributed by atoms with Gasteiger partial charge in [-0.3, -0.25) is 19.2 Å². The normalized spacial score (nSPS) is 19.3. The number of thioether (sulfide) groups is 1. The Morgan fingerprint density at radius 3 is 2.46 bits per heavy atom. The van der Waals surface area contributed by atoms with Gasteiger partial charge in [-0.2, -0.15) is 11.8 Å². The van der Waals surface area contributed by atoms with Gasteiger partial charge in [0.25, 0.3) is 0 Å². The number of hydrogen-bond donors (Lipinski definition) is 2. The Labute approximate surface area is 218 Å². The van der Waals surface area contributed by atoms with Crippen LogP contribution in [0.1, 0.15) is 62.4 Å². The fourth-order valence-corrected chi connectivity index (χ4v) is 5.05. The summed E-state index contributed by atoms with van der Waals surface area (Å²) < 4.78 is 20.3. The van der Waals surface area contributed by atoms with Crippen molar-refractivity contribution in [3.05, 3.63) is 23.3 Å². The minimum atomic E-state index is -1.24. The molecule has 0 amide bonds. The van der Waals surface area contributed by atoms with E-state index in [1.165, 1.54) is 24.8 Å². The number of phenolic OH excluding ortho intramolecular Hbond substituents is 2. The zero-order chi connectivity index (χ0) is 27.5. The predicted octanol–water partition coefficient (Wildman–Crippen LogP) is 2.47. The molecule has 3 atom stereocenters. The Morgan fingerprint density at radius 1 is 1.08 bits per heavy atom. The average Bonchev–Trinajstić information content (AvgIpc) is 2.77. The number of fused-ring (bicyclic) bond motifs is 1. The molecule has 0 radical (unpaired) electrons. The highest BCUT2D eigenvalue weighted by Crippen LogP contribution is 2.32. The Balaban J connectivity index is 2.18. The monoisotopic (exact) mass is 540 g/mol. The zero-order valence-corrected chi connectivity index (χ0v) is 21.8. The van der Waals surface area contributed by atoms with Gasteiger partial charge >= 0.3 is 23.9 Å². The highest BCUT2D eigenvalue weighted by Gasteiger charge is 2.29. The van der Waals surface area contributed by atoms with Crippen molar-refractivity contribution in [1.29, 1.82) is 0 Å². The van der Waals surface area contributed by atoms with Crippen molar-refractivity contribution in [2.75, 3.05) is 19.0 Å². The molecule has 1 heterocycles. The molecular weight excluding hydrogens is 508 g/mol.